The Kier molecular flexibility index (Phi) is 6.57. The zero-order valence-electron chi connectivity index (χ0n) is 10.9. The van der Waals surface area contributed by atoms with Gasteiger partial charge >= 0.3 is 6.18 Å². The average Bonchev–Trinajstić information content (AvgIpc) is 2.35. The Morgan fingerprint density at radius 1 is 1.30 bits per heavy atom. The summed E-state index contributed by atoms with van der Waals surface area (Å²) in [6.07, 6.45) is -3.93. The molecule has 1 rings (SSSR count). The van der Waals surface area contributed by atoms with Crippen molar-refractivity contribution >= 4 is 28.5 Å². The molecular weight excluding hydrogens is 386 g/mol. The number of halogens is 4. The maximum absolute atomic E-state index is 12.4. The van der Waals surface area contributed by atoms with Gasteiger partial charge in [-0.05, 0) is 53.3 Å². The number of benzene rings is 1. The zero-order valence-corrected chi connectivity index (χ0v) is 13.1. The summed E-state index contributed by atoms with van der Waals surface area (Å²) < 4.78 is 43.3. The Hall–Kier alpha value is -0.990. The topological polar surface area (TPSA) is 29.5 Å². The summed E-state index contributed by atoms with van der Waals surface area (Å²) in [6, 6.07) is 6.92. The van der Waals surface area contributed by atoms with Crippen LogP contribution >= 0.6 is 22.6 Å². The van der Waals surface area contributed by atoms with E-state index in [0.29, 0.717) is 12.2 Å². The lowest BCUT2D eigenvalue weighted by Crippen LogP contribution is -2.41. The van der Waals surface area contributed by atoms with Crippen molar-refractivity contribution in [3.8, 4) is 5.75 Å². The van der Waals surface area contributed by atoms with Gasteiger partial charge in [-0.1, -0.05) is 6.92 Å². The van der Waals surface area contributed by atoms with Gasteiger partial charge in [0.25, 0.3) is 5.91 Å². The molecule has 1 aromatic carbocycles. The molecule has 3 nitrogen and oxygen atoms in total. The molecule has 0 saturated heterocycles. The van der Waals surface area contributed by atoms with Gasteiger partial charge in [0.1, 0.15) is 12.3 Å². The number of nitrogens with zero attached hydrogens (tertiary/aromatic N) is 1. The molecule has 0 aliphatic heterocycles. The normalized spacial score (nSPS) is 11.2. The number of hydrogen-bond donors (Lipinski definition) is 0. The molecule has 7 heteroatoms. The smallest absolute Gasteiger partial charge is 0.406 e. The highest BCUT2D eigenvalue weighted by Gasteiger charge is 2.32. The molecule has 0 heterocycles. The van der Waals surface area contributed by atoms with Crippen LogP contribution in [0.3, 0.4) is 0 Å². The van der Waals surface area contributed by atoms with Gasteiger partial charge in [-0.25, -0.2) is 0 Å². The molecule has 0 aliphatic rings. The highest BCUT2D eigenvalue weighted by molar-refractivity contribution is 14.1. The lowest BCUT2D eigenvalue weighted by atomic mass is 10.3. The van der Waals surface area contributed by atoms with E-state index in [0.717, 1.165) is 8.47 Å². The number of carbonyl (C=O) groups excluding carboxylic acids is 1. The van der Waals surface area contributed by atoms with Crippen LogP contribution in [0.1, 0.15) is 13.3 Å². The first kappa shape index (κ1) is 17.1. The lowest BCUT2D eigenvalue weighted by molar-refractivity contribution is -0.162. The van der Waals surface area contributed by atoms with E-state index in [2.05, 4.69) is 22.6 Å². The van der Waals surface area contributed by atoms with Gasteiger partial charge in [0.15, 0.2) is 6.61 Å². The molecular formula is C13H15F3INO2. The van der Waals surface area contributed by atoms with Gasteiger partial charge in [0.05, 0.1) is 0 Å². The Morgan fingerprint density at radius 3 is 2.40 bits per heavy atom. The highest BCUT2D eigenvalue weighted by Crippen LogP contribution is 2.17. The highest BCUT2D eigenvalue weighted by atomic mass is 127. The molecule has 0 aromatic heterocycles. The fourth-order valence-electron chi connectivity index (χ4n) is 1.55. The lowest BCUT2D eigenvalue weighted by Gasteiger charge is -2.23. The van der Waals surface area contributed by atoms with E-state index in [9.17, 15) is 18.0 Å². The van der Waals surface area contributed by atoms with Crippen LogP contribution in [0.25, 0.3) is 0 Å². The van der Waals surface area contributed by atoms with E-state index in [1.807, 2.05) is 0 Å². The van der Waals surface area contributed by atoms with Crippen LogP contribution in [-0.4, -0.2) is 36.7 Å². The van der Waals surface area contributed by atoms with Gasteiger partial charge in [-0.2, -0.15) is 13.2 Å². The summed E-state index contributed by atoms with van der Waals surface area (Å²) in [5.41, 5.74) is 0. The van der Waals surface area contributed by atoms with E-state index >= 15 is 0 Å². The first-order chi connectivity index (χ1) is 9.31. The van der Waals surface area contributed by atoms with E-state index in [1.165, 1.54) is 0 Å². The molecule has 0 aliphatic carbocycles. The summed E-state index contributed by atoms with van der Waals surface area (Å²) >= 11 is 2.12. The minimum atomic E-state index is -4.40. The number of carbonyl (C=O) groups is 1. The molecule has 0 bridgehead atoms. The van der Waals surface area contributed by atoms with Crippen molar-refractivity contribution < 1.29 is 22.7 Å². The predicted octanol–water partition coefficient (Wildman–Crippen LogP) is 3.47. The summed E-state index contributed by atoms with van der Waals surface area (Å²) in [5, 5.41) is 0. The van der Waals surface area contributed by atoms with Gasteiger partial charge in [-0.3, -0.25) is 4.79 Å². The second kappa shape index (κ2) is 7.70. The van der Waals surface area contributed by atoms with Crippen LogP contribution in [0.5, 0.6) is 5.75 Å². The third kappa shape index (κ3) is 6.44. The summed E-state index contributed by atoms with van der Waals surface area (Å²) in [4.78, 5) is 12.5. The first-order valence-electron chi connectivity index (χ1n) is 6.04. The number of alkyl halides is 3. The Balaban J connectivity index is 2.55. The van der Waals surface area contributed by atoms with Crippen molar-refractivity contribution in [1.82, 2.24) is 4.90 Å². The number of hydrogen-bond acceptors (Lipinski definition) is 2. The predicted molar refractivity (Wildman–Crippen MR) is 77.6 cm³/mol. The minimum absolute atomic E-state index is 0.0639. The quantitative estimate of drug-likeness (QED) is 0.684. The number of ether oxygens (including phenoxy) is 1. The van der Waals surface area contributed by atoms with Crippen molar-refractivity contribution in [2.75, 3.05) is 19.7 Å². The standard InChI is InChI=1S/C13H15F3INO2/c1-2-7-18(9-13(14,15)16)12(19)8-20-11-5-3-10(17)4-6-11/h3-6H,2,7-9H2,1H3. The molecule has 0 atom stereocenters. The molecule has 0 radical (unpaired) electrons. The Morgan fingerprint density at radius 2 is 1.90 bits per heavy atom. The maximum atomic E-state index is 12.4. The third-order valence-electron chi connectivity index (χ3n) is 2.39. The van der Waals surface area contributed by atoms with Gasteiger partial charge in [-0.15, -0.1) is 0 Å². The van der Waals surface area contributed by atoms with E-state index < -0.39 is 25.2 Å². The fourth-order valence-corrected chi connectivity index (χ4v) is 1.91. The summed E-state index contributed by atoms with van der Waals surface area (Å²) in [7, 11) is 0. The average molecular weight is 401 g/mol. The second-order valence-corrected chi connectivity index (χ2v) is 5.42. The number of rotatable bonds is 6. The molecule has 1 amide bonds. The molecule has 112 valence electrons. The van der Waals surface area contributed by atoms with E-state index in [1.54, 1.807) is 31.2 Å². The SMILES string of the molecule is CCCN(CC(F)(F)F)C(=O)COc1ccc(I)cc1. The van der Waals surface area contributed by atoms with Gasteiger partial charge < -0.3 is 9.64 Å². The van der Waals surface area contributed by atoms with Crippen LogP contribution in [0.15, 0.2) is 24.3 Å². The molecule has 1 aromatic rings. The maximum Gasteiger partial charge on any atom is 0.406 e. The van der Waals surface area contributed by atoms with Crippen LogP contribution < -0.4 is 4.74 Å². The van der Waals surface area contributed by atoms with Crippen LogP contribution in [0, 0.1) is 3.57 Å². The van der Waals surface area contributed by atoms with Gasteiger partial charge in [0, 0.05) is 10.1 Å². The number of amides is 1. The molecule has 0 saturated carbocycles. The van der Waals surface area contributed by atoms with Crippen LogP contribution in [0.4, 0.5) is 13.2 Å². The van der Waals surface area contributed by atoms with Gasteiger partial charge in [0.2, 0.25) is 0 Å². The second-order valence-electron chi connectivity index (χ2n) is 4.17. The Labute approximate surface area is 129 Å². The third-order valence-corrected chi connectivity index (χ3v) is 3.11. The Bertz CT molecular complexity index is 434. The van der Waals surface area contributed by atoms with Crippen LogP contribution in [-0.2, 0) is 4.79 Å². The molecule has 20 heavy (non-hydrogen) atoms. The monoisotopic (exact) mass is 401 g/mol. The van der Waals surface area contributed by atoms with Crippen molar-refractivity contribution in [3.63, 3.8) is 0 Å². The van der Waals surface area contributed by atoms with Crippen molar-refractivity contribution in [1.29, 1.82) is 0 Å². The molecule has 0 unspecified atom stereocenters. The molecule has 0 fully saturated rings. The minimum Gasteiger partial charge on any atom is -0.484 e. The molecule has 0 spiro atoms. The van der Waals surface area contributed by atoms with Crippen LogP contribution in [0.2, 0.25) is 0 Å². The summed E-state index contributed by atoms with van der Waals surface area (Å²) in [5.74, 6) is -0.204. The summed E-state index contributed by atoms with van der Waals surface area (Å²) in [6.45, 7) is 0.150. The van der Waals surface area contributed by atoms with Crippen molar-refractivity contribution in [2.45, 2.75) is 19.5 Å². The molecule has 0 N–H and O–H groups in total. The fraction of sp³-hybridized carbons (Fsp3) is 0.462. The first-order valence-corrected chi connectivity index (χ1v) is 7.12. The largest absolute Gasteiger partial charge is 0.484 e. The van der Waals surface area contributed by atoms with Crippen molar-refractivity contribution in [2.24, 2.45) is 0 Å². The van der Waals surface area contributed by atoms with Crippen molar-refractivity contribution in [3.05, 3.63) is 27.8 Å². The zero-order chi connectivity index (χ0) is 15.2. The van der Waals surface area contributed by atoms with E-state index in [-0.39, 0.29) is 6.54 Å². The van der Waals surface area contributed by atoms with E-state index in [4.69, 9.17) is 4.74 Å².